The van der Waals surface area contributed by atoms with Crippen LogP contribution in [0.1, 0.15) is 23.2 Å². The van der Waals surface area contributed by atoms with Gasteiger partial charge in [0.2, 0.25) is 18.0 Å². The van der Waals surface area contributed by atoms with Crippen LogP contribution in [0.3, 0.4) is 0 Å². The lowest BCUT2D eigenvalue weighted by Gasteiger charge is -2.32. The molecular formula is C27H33N8O5+. The minimum Gasteiger partial charge on any atom is -0.491 e. The molecule has 0 bridgehead atoms. The first kappa shape index (κ1) is 27.4. The maximum Gasteiger partial charge on any atom is 0.345 e. The SMILES string of the molecule is CNCC(O)COc1cccc(-c2nc(N(C)C3CCOCC3)cc(-[n+]3cnc4c(C(=O)OC)cnn4c3)n2)c1. The van der Waals surface area contributed by atoms with Crippen molar-refractivity contribution in [2.24, 2.45) is 0 Å². The van der Waals surface area contributed by atoms with E-state index in [9.17, 15) is 9.90 Å². The van der Waals surface area contributed by atoms with E-state index in [1.165, 1.54) is 17.8 Å². The van der Waals surface area contributed by atoms with Crippen LogP contribution in [0.15, 0.2) is 49.2 Å². The third-order valence-corrected chi connectivity index (χ3v) is 6.75. The summed E-state index contributed by atoms with van der Waals surface area (Å²) >= 11 is 0. The van der Waals surface area contributed by atoms with Crippen molar-refractivity contribution in [1.29, 1.82) is 0 Å². The summed E-state index contributed by atoms with van der Waals surface area (Å²) < 4.78 is 19.4. The molecule has 1 atom stereocenters. The summed E-state index contributed by atoms with van der Waals surface area (Å²) in [6, 6.07) is 9.63. The average Bonchev–Trinajstić information content (AvgIpc) is 3.43. The van der Waals surface area contributed by atoms with E-state index in [4.69, 9.17) is 24.2 Å². The van der Waals surface area contributed by atoms with Gasteiger partial charge in [0, 0.05) is 44.5 Å². The largest absolute Gasteiger partial charge is 0.491 e. The van der Waals surface area contributed by atoms with Gasteiger partial charge in [-0.2, -0.15) is 9.55 Å². The maximum absolute atomic E-state index is 12.1. The van der Waals surface area contributed by atoms with Gasteiger partial charge in [-0.05, 0) is 38.1 Å². The molecule has 40 heavy (non-hydrogen) atoms. The van der Waals surface area contributed by atoms with E-state index in [-0.39, 0.29) is 18.2 Å². The zero-order chi connectivity index (χ0) is 28.1. The predicted octanol–water partition coefficient (Wildman–Crippen LogP) is 0.824. The quantitative estimate of drug-likeness (QED) is 0.215. The summed E-state index contributed by atoms with van der Waals surface area (Å²) in [4.78, 5) is 28.4. The van der Waals surface area contributed by atoms with Crippen molar-refractivity contribution in [3.05, 3.63) is 54.7 Å². The molecule has 1 aliphatic heterocycles. The number of esters is 1. The molecule has 2 N–H and O–H groups in total. The number of hydrogen-bond acceptors (Lipinski definition) is 11. The molecule has 0 aliphatic carbocycles. The van der Waals surface area contributed by atoms with E-state index in [1.807, 2.05) is 37.4 Å². The Labute approximate surface area is 231 Å². The number of methoxy groups -OCH3 is 1. The monoisotopic (exact) mass is 549 g/mol. The highest BCUT2D eigenvalue weighted by atomic mass is 16.5. The van der Waals surface area contributed by atoms with E-state index in [2.05, 4.69) is 20.3 Å². The molecule has 13 nitrogen and oxygen atoms in total. The van der Waals surface area contributed by atoms with Crippen LogP contribution in [0.25, 0.3) is 22.9 Å². The molecule has 4 heterocycles. The molecule has 0 amide bonds. The zero-order valence-electron chi connectivity index (χ0n) is 22.7. The number of aliphatic hydroxyl groups is 1. The van der Waals surface area contributed by atoms with Crippen molar-refractivity contribution in [2.75, 3.05) is 52.5 Å². The number of hydrogen-bond donors (Lipinski definition) is 2. The minimum atomic E-state index is -0.631. The van der Waals surface area contributed by atoms with Crippen molar-refractivity contribution >= 4 is 17.4 Å². The number of nitrogens with zero attached hydrogens (tertiary/aromatic N) is 7. The van der Waals surface area contributed by atoms with Crippen molar-refractivity contribution in [1.82, 2.24) is 29.9 Å². The van der Waals surface area contributed by atoms with Crippen molar-refractivity contribution < 1.29 is 28.7 Å². The number of carbonyl (C=O) groups excluding carboxylic acids is 1. The van der Waals surface area contributed by atoms with Crippen LogP contribution in [-0.4, -0.2) is 95.4 Å². The lowest BCUT2D eigenvalue weighted by molar-refractivity contribution is -0.607. The first-order valence-electron chi connectivity index (χ1n) is 13.1. The molecule has 210 valence electrons. The van der Waals surface area contributed by atoms with E-state index in [0.29, 0.717) is 42.8 Å². The Hall–Kier alpha value is -4.20. The Kier molecular flexibility index (Phi) is 8.43. The third-order valence-electron chi connectivity index (χ3n) is 6.75. The molecule has 4 aromatic rings. The predicted molar refractivity (Wildman–Crippen MR) is 145 cm³/mol. The number of benzene rings is 1. The van der Waals surface area contributed by atoms with Gasteiger partial charge in [0.1, 0.15) is 24.3 Å². The van der Waals surface area contributed by atoms with Gasteiger partial charge in [0.15, 0.2) is 11.9 Å². The normalized spacial score (nSPS) is 14.7. The molecule has 0 radical (unpaired) electrons. The summed E-state index contributed by atoms with van der Waals surface area (Å²) in [6.45, 7) is 1.99. The molecule has 0 saturated carbocycles. The Morgan fingerprint density at radius 2 is 2.12 bits per heavy atom. The molecule has 13 heteroatoms. The number of ether oxygens (including phenoxy) is 3. The van der Waals surface area contributed by atoms with Crippen LogP contribution in [0.4, 0.5) is 5.82 Å². The summed E-state index contributed by atoms with van der Waals surface area (Å²) in [6.07, 6.45) is 5.86. The summed E-state index contributed by atoms with van der Waals surface area (Å²) in [5.74, 6) is 1.90. The Morgan fingerprint density at radius 3 is 2.90 bits per heavy atom. The molecule has 0 spiro atoms. The van der Waals surface area contributed by atoms with Crippen LogP contribution in [0, 0.1) is 0 Å². The molecule has 1 aliphatic rings. The molecule has 1 unspecified atom stereocenters. The van der Waals surface area contributed by atoms with E-state index >= 15 is 0 Å². The van der Waals surface area contributed by atoms with Crippen LogP contribution in [-0.2, 0) is 9.47 Å². The first-order chi connectivity index (χ1) is 19.5. The first-order valence-corrected chi connectivity index (χ1v) is 13.1. The Bertz CT molecular complexity index is 1470. The fourth-order valence-corrected chi connectivity index (χ4v) is 4.54. The van der Waals surface area contributed by atoms with Gasteiger partial charge in [-0.1, -0.05) is 6.07 Å². The molecular weight excluding hydrogens is 516 g/mol. The molecule has 3 aromatic heterocycles. The second-order valence-corrected chi connectivity index (χ2v) is 9.50. The van der Waals surface area contributed by atoms with Gasteiger partial charge < -0.3 is 29.5 Å². The van der Waals surface area contributed by atoms with Crippen molar-refractivity contribution in [3.63, 3.8) is 0 Å². The molecule has 1 aromatic carbocycles. The van der Waals surface area contributed by atoms with Crippen molar-refractivity contribution in [2.45, 2.75) is 25.0 Å². The lowest BCUT2D eigenvalue weighted by atomic mass is 10.1. The highest BCUT2D eigenvalue weighted by molar-refractivity contribution is 5.95. The molecule has 5 rings (SSSR count). The highest BCUT2D eigenvalue weighted by Crippen LogP contribution is 2.26. The number of rotatable bonds is 10. The number of likely N-dealkylation sites (N-methyl/N-ethyl adjacent to an activating group) is 1. The number of aromatic nitrogens is 6. The van der Waals surface area contributed by atoms with E-state index < -0.39 is 12.1 Å². The van der Waals surface area contributed by atoms with Gasteiger partial charge >= 0.3 is 5.97 Å². The summed E-state index contributed by atoms with van der Waals surface area (Å²) in [5.41, 5.74) is 1.41. The second kappa shape index (κ2) is 12.3. The second-order valence-electron chi connectivity index (χ2n) is 9.50. The minimum absolute atomic E-state index is 0.155. The Balaban J connectivity index is 1.53. The van der Waals surface area contributed by atoms with Gasteiger partial charge in [-0.15, -0.1) is 19.6 Å². The third kappa shape index (κ3) is 6.01. The summed E-state index contributed by atoms with van der Waals surface area (Å²) in [5, 5.41) is 17.2. The smallest absolute Gasteiger partial charge is 0.345 e. The van der Waals surface area contributed by atoms with Gasteiger partial charge in [-0.25, -0.2) is 4.79 Å². The average molecular weight is 550 g/mol. The van der Waals surface area contributed by atoms with Crippen LogP contribution in [0.2, 0.25) is 0 Å². The fourth-order valence-electron chi connectivity index (χ4n) is 4.54. The van der Waals surface area contributed by atoms with Crippen LogP contribution < -0.4 is 19.5 Å². The molecule has 1 fully saturated rings. The summed E-state index contributed by atoms with van der Waals surface area (Å²) in [7, 11) is 5.12. The fraction of sp³-hybridized carbons (Fsp3) is 0.407. The number of fused-ring (bicyclic) bond motifs is 1. The number of carbonyl (C=O) groups is 1. The topological polar surface area (TPSA) is 140 Å². The maximum atomic E-state index is 12.1. The van der Waals surface area contributed by atoms with Crippen molar-refractivity contribution in [3.8, 4) is 23.0 Å². The van der Waals surface area contributed by atoms with Gasteiger partial charge in [0.05, 0.1) is 13.3 Å². The van der Waals surface area contributed by atoms with Gasteiger partial charge in [0.25, 0.3) is 5.65 Å². The lowest BCUT2D eigenvalue weighted by Crippen LogP contribution is -2.38. The van der Waals surface area contributed by atoms with Crippen LogP contribution >= 0.6 is 0 Å². The zero-order valence-corrected chi connectivity index (χ0v) is 22.7. The van der Waals surface area contributed by atoms with E-state index in [0.717, 1.165) is 24.2 Å². The number of nitrogens with one attached hydrogen (secondary N) is 1. The van der Waals surface area contributed by atoms with Gasteiger partial charge in [-0.3, -0.25) is 0 Å². The van der Waals surface area contributed by atoms with E-state index in [1.54, 1.807) is 24.3 Å². The number of aliphatic hydroxyl groups excluding tert-OH is 1. The standard InChI is InChI=1S/C27H33N8O5/c1-28-13-20(36)15-40-21-6-4-5-18(11-21)25-31-23(33(2)19-7-9-39-10-8-19)12-24(32-25)34-16-29-26-22(27(37)38-3)14-30-35(26)17-34/h4-6,11-12,14,16-17,19-20,28,36H,7-10,13,15H2,1-3H3/q+1. The molecule has 1 saturated heterocycles. The Morgan fingerprint density at radius 1 is 1.30 bits per heavy atom. The van der Waals surface area contributed by atoms with Crippen LogP contribution in [0.5, 0.6) is 5.75 Å². The highest BCUT2D eigenvalue weighted by Gasteiger charge is 2.24. The number of anilines is 1.